The largest absolute Gasteiger partial charge is 0.490 e. The molecule has 0 N–H and O–H groups in total. The molecule has 3 rings (SSSR count). The molecule has 1 amide bonds. The minimum atomic E-state index is -0.212. The second-order valence-corrected chi connectivity index (χ2v) is 5.68. The maximum absolute atomic E-state index is 12.4. The topological polar surface area (TPSA) is 51.7 Å². The minimum absolute atomic E-state index is 0.164. The van der Waals surface area contributed by atoms with Gasteiger partial charge in [-0.05, 0) is 31.4 Å². The first-order valence-corrected chi connectivity index (χ1v) is 7.80. The van der Waals surface area contributed by atoms with Crippen LogP contribution in [0.2, 0.25) is 0 Å². The van der Waals surface area contributed by atoms with Gasteiger partial charge in [0.05, 0.1) is 0 Å². The fourth-order valence-electron chi connectivity index (χ4n) is 2.94. The van der Waals surface area contributed by atoms with E-state index in [9.17, 15) is 4.79 Å². The molecule has 0 aliphatic carbocycles. The van der Waals surface area contributed by atoms with Gasteiger partial charge >= 0.3 is 0 Å². The van der Waals surface area contributed by atoms with Crippen LogP contribution < -0.4 is 4.74 Å². The van der Waals surface area contributed by atoms with Crippen LogP contribution >= 0.6 is 0 Å². The average Bonchev–Trinajstić information content (AvgIpc) is 2.57. The number of ether oxygens (including phenoxy) is 2. The van der Waals surface area contributed by atoms with Crippen molar-refractivity contribution in [2.45, 2.75) is 44.3 Å². The van der Waals surface area contributed by atoms with Gasteiger partial charge in [0.2, 0.25) is 0 Å². The highest BCUT2D eigenvalue weighted by Gasteiger charge is 2.30. The van der Waals surface area contributed by atoms with E-state index in [0.717, 1.165) is 57.6 Å². The molecule has 0 saturated carbocycles. The van der Waals surface area contributed by atoms with E-state index in [4.69, 9.17) is 9.47 Å². The Balaban J connectivity index is 1.47. The third-order valence-electron chi connectivity index (χ3n) is 4.16. The summed E-state index contributed by atoms with van der Waals surface area (Å²) in [6.07, 6.45) is 8.22. The Bertz CT molecular complexity index is 452. The van der Waals surface area contributed by atoms with Crippen LogP contribution in [-0.4, -0.2) is 47.7 Å². The number of aromatic nitrogens is 1. The van der Waals surface area contributed by atoms with Gasteiger partial charge in [0.25, 0.3) is 5.91 Å². The van der Waals surface area contributed by atoms with E-state index >= 15 is 0 Å². The molecular formula is C16H22N2O3. The third kappa shape index (κ3) is 3.73. The highest BCUT2D eigenvalue weighted by Crippen LogP contribution is 2.21. The number of hydrogen-bond donors (Lipinski definition) is 0. The number of nitrogens with zero attached hydrogens (tertiary/aromatic N) is 2. The summed E-state index contributed by atoms with van der Waals surface area (Å²) in [4.78, 5) is 18.3. The van der Waals surface area contributed by atoms with Crippen LogP contribution in [0.15, 0.2) is 24.5 Å². The first-order valence-electron chi connectivity index (χ1n) is 7.80. The Morgan fingerprint density at radius 2 is 1.95 bits per heavy atom. The van der Waals surface area contributed by atoms with Gasteiger partial charge in [-0.25, -0.2) is 0 Å². The normalized spacial score (nSPS) is 23.8. The summed E-state index contributed by atoms with van der Waals surface area (Å²) in [5.74, 6) is 1.02. The molecule has 0 aromatic carbocycles. The molecule has 1 aromatic heterocycles. The van der Waals surface area contributed by atoms with Gasteiger partial charge in [-0.3, -0.25) is 9.78 Å². The lowest BCUT2D eigenvalue weighted by Crippen LogP contribution is -2.47. The quantitative estimate of drug-likeness (QED) is 0.854. The number of rotatable bonds is 3. The zero-order valence-corrected chi connectivity index (χ0v) is 12.2. The molecule has 1 atom stereocenters. The van der Waals surface area contributed by atoms with Crippen molar-refractivity contribution >= 4 is 5.91 Å². The predicted octanol–water partition coefficient (Wildman–Crippen LogP) is 2.02. The highest BCUT2D eigenvalue weighted by atomic mass is 16.5. The third-order valence-corrected chi connectivity index (χ3v) is 4.16. The van der Waals surface area contributed by atoms with Gasteiger partial charge in [0.1, 0.15) is 18.0 Å². The number of pyridine rings is 1. The lowest BCUT2D eigenvalue weighted by Gasteiger charge is -2.35. The predicted molar refractivity (Wildman–Crippen MR) is 78.1 cm³/mol. The maximum Gasteiger partial charge on any atom is 0.251 e. The first-order chi connectivity index (χ1) is 10.3. The Morgan fingerprint density at radius 1 is 1.19 bits per heavy atom. The summed E-state index contributed by atoms with van der Waals surface area (Å²) in [5.41, 5.74) is 0. The summed E-state index contributed by atoms with van der Waals surface area (Å²) < 4.78 is 11.5. The molecule has 2 saturated heterocycles. The van der Waals surface area contributed by atoms with E-state index in [2.05, 4.69) is 4.98 Å². The summed E-state index contributed by atoms with van der Waals surface area (Å²) in [6.45, 7) is 2.24. The van der Waals surface area contributed by atoms with E-state index < -0.39 is 0 Å². The van der Waals surface area contributed by atoms with Crippen LogP contribution in [0.5, 0.6) is 5.75 Å². The Kier molecular flexibility index (Phi) is 4.70. The molecule has 0 bridgehead atoms. The fraction of sp³-hybridized carbons (Fsp3) is 0.625. The van der Waals surface area contributed by atoms with Crippen molar-refractivity contribution in [1.29, 1.82) is 0 Å². The summed E-state index contributed by atoms with van der Waals surface area (Å²) in [7, 11) is 0. The summed E-state index contributed by atoms with van der Waals surface area (Å²) in [5, 5.41) is 0. The van der Waals surface area contributed by atoms with Gasteiger partial charge in [-0.2, -0.15) is 0 Å². The first kappa shape index (κ1) is 14.3. The summed E-state index contributed by atoms with van der Waals surface area (Å²) in [6, 6.07) is 3.74. The van der Waals surface area contributed by atoms with Crippen molar-refractivity contribution in [2.75, 3.05) is 19.7 Å². The zero-order valence-electron chi connectivity index (χ0n) is 12.2. The van der Waals surface area contributed by atoms with Gasteiger partial charge in [0, 0.05) is 44.9 Å². The van der Waals surface area contributed by atoms with Crippen molar-refractivity contribution in [3.63, 3.8) is 0 Å². The lowest BCUT2D eigenvalue weighted by atomic mass is 10.0. The molecule has 0 unspecified atom stereocenters. The van der Waals surface area contributed by atoms with Gasteiger partial charge in [-0.15, -0.1) is 0 Å². The number of amides is 1. The smallest absolute Gasteiger partial charge is 0.251 e. The van der Waals surface area contributed by atoms with E-state index in [1.165, 1.54) is 0 Å². The SMILES string of the molecule is O=C([C@H]1CCCCO1)N1CCC(Oc2ccncc2)CC1. The number of piperidine rings is 1. The monoisotopic (exact) mass is 290 g/mol. The second kappa shape index (κ2) is 6.89. The molecule has 5 nitrogen and oxygen atoms in total. The fourth-order valence-corrected chi connectivity index (χ4v) is 2.94. The molecule has 2 fully saturated rings. The second-order valence-electron chi connectivity index (χ2n) is 5.68. The van der Waals surface area contributed by atoms with Gasteiger partial charge < -0.3 is 14.4 Å². The van der Waals surface area contributed by atoms with Crippen LogP contribution in [0.1, 0.15) is 32.1 Å². The van der Waals surface area contributed by atoms with Crippen LogP contribution in [0.3, 0.4) is 0 Å². The number of carbonyl (C=O) groups is 1. The number of hydrogen-bond acceptors (Lipinski definition) is 4. The molecule has 2 aliphatic heterocycles. The van der Waals surface area contributed by atoms with Crippen molar-refractivity contribution in [1.82, 2.24) is 9.88 Å². The van der Waals surface area contributed by atoms with E-state index in [0.29, 0.717) is 0 Å². The van der Waals surface area contributed by atoms with Crippen LogP contribution in [0.25, 0.3) is 0 Å². The van der Waals surface area contributed by atoms with Crippen LogP contribution in [0.4, 0.5) is 0 Å². The highest BCUT2D eigenvalue weighted by molar-refractivity contribution is 5.81. The minimum Gasteiger partial charge on any atom is -0.490 e. The van der Waals surface area contributed by atoms with E-state index in [1.54, 1.807) is 12.4 Å². The van der Waals surface area contributed by atoms with Crippen molar-refractivity contribution in [3.8, 4) is 5.75 Å². The van der Waals surface area contributed by atoms with Crippen LogP contribution in [-0.2, 0) is 9.53 Å². The van der Waals surface area contributed by atoms with E-state index in [-0.39, 0.29) is 18.1 Å². The maximum atomic E-state index is 12.4. The standard InChI is InChI=1S/C16H22N2O3/c19-16(15-3-1-2-12-20-15)18-10-6-14(7-11-18)21-13-4-8-17-9-5-13/h4-5,8-9,14-15H,1-3,6-7,10-12H2/t15-/m1/s1. The Hall–Kier alpha value is -1.62. The molecule has 0 radical (unpaired) electrons. The van der Waals surface area contributed by atoms with Crippen molar-refractivity contribution in [2.24, 2.45) is 0 Å². The molecule has 114 valence electrons. The lowest BCUT2D eigenvalue weighted by molar-refractivity contribution is -0.148. The molecule has 0 spiro atoms. The van der Waals surface area contributed by atoms with Gasteiger partial charge in [-0.1, -0.05) is 0 Å². The molecule has 2 aliphatic rings. The molecular weight excluding hydrogens is 268 g/mol. The van der Waals surface area contributed by atoms with Crippen molar-refractivity contribution in [3.05, 3.63) is 24.5 Å². The number of likely N-dealkylation sites (tertiary alicyclic amines) is 1. The van der Waals surface area contributed by atoms with Crippen molar-refractivity contribution < 1.29 is 14.3 Å². The molecule has 21 heavy (non-hydrogen) atoms. The average molecular weight is 290 g/mol. The Labute approximate surface area is 125 Å². The molecule has 3 heterocycles. The summed E-state index contributed by atoms with van der Waals surface area (Å²) >= 11 is 0. The molecule has 1 aromatic rings. The van der Waals surface area contributed by atoms with Gasteiger partial charge in [0.15, 0.2) is 0 Å². The molecule has 5 heteroatoms. The van der Waals surface area contributed by atoms with Crippen LogP contribution in [0, 0.1) is 0 Å². The van der Waals surface area contributed by atoms with E-state index in [1.807, 2.05) is 17.0 Å². The zero-order chi connectivity index (χ0) is 14.5. The number of carbonyl (C=O) groups excluding carboxylic acids is 1. The Morgan fingerprint density at radius 3 is 2.62 bits per heavy atom.